The first-order chi connectivity index (χ1) is 16.6. The van der Waals surface area contributed by atoms with E-state index in [0.717, 1.165) is 0 Å². The fourth-order valence-corrected chi connectivity index (χ4v) is 3.78. The van der Waals surface area contributed by atoms with Crippen LogP contribution >= 0.6 is 0 Å². The Kier molecular flexibility index (Phi) is 11.0. The average Bonchev–Trinajstić information content (AvgIpc) is 2.80. The molecule has 3 atom stereocenters. The van der Waals surface area contributed by atoms with Crippen molar-refractivity contribution < 1.29 is 23.5 Å². The van der Waals surface area contributed by atoms with Crippen molar-refractivity contribution in [3.05, 3.63) is 53.8 Å². The quantitative estimate of drug-likeness (QED) is 0.378. The second-order valence-electron chi connectivity index (χ2n) is 9.07. The van der Waals surface area contributed by atoms with Crippen molar-refractivity contribution in [2.45, 2.75) is 59.5 Å². The number of hydrogen-bond acceptors (Lipinski definition) is 5. The number of nitrogens with one attached hydrogen (secondary N) is 2. The van der Waals surface area contributed by atoms with E-state index in [1.165, 1.54) is 24.3 Å². The second-order valence-corrected chi connectivity index (χ2v) is 9.07. The highest BCUT2D eigenvalue weighted by molar-refractivity contribution is 5.95. The van der Waals surface area contributed by atoms with Crippen LogP contribution in [0.5, 0.6) is 11.5 Å². The maximum absolute atomic E-state index is 13.2. The zero-order chi connectivity index (χ0) is 26.0. The van der Waals surface area contributed by atoms with E-state index < -0.39 is 12.0 Å². The molecule has 0 radical (unpaired) electrons. The third kappa shape index (κ3) is 9.20. The smallest absolute Gasteiger partial charge is 0.251 e. The first kappa shape index (κ1) is 28.1. The molecule has 0 aliphatic heterocycles. The molecule has 192 valence electrons. The fourth-order valence-electron chi connectivity index (χ4n) is 3.78. The van der Waals surface area contributed by atoms with Crippen LogP contribution in [0.2, 0.25) is 0 Å². The van der Waals surface area contributed by atoms with Crippen molar-refractivity contribution >= 4 is 17.5 Å². The highest BCUT2D eigenvalue weighted by Crippen LogP contribution is 2.24. The topological polar surface area (TPSA) is 103 Å². The van der Waals surface area contributed by atoms with Crippen LogP contribution in [0.1, 0.15) is 57.8 Å². The van der Waals surface area contributed by atoms with Crippen molar-refractivity contribution in [3.8, 4) is 11.5 Å². The van der Waals surface area contributed by atoms with Gasteiger partial charge in [-0.3, -0.25) is 9.59 Å². The number of rotatable bonds is 13. The van der Waals surface area contributed by atoms with E-state index in [4.69, 9.17) is 15.2 Å². The predicted molar refractivity (Wildman–Crippen MR) is 136 cm³/mol. The Labute approximate surface area is 207 Å². The fraction of sp³-hybridized carbons (Fsp3) is 0.481. The third-order valence-corrected chi connectivity index (χ3v) is 5.51. The van der Waals surface area contributed by atoms with E-state index in [1.807, 2.05) is 13.8 Å². The van der Waals surface area contributed by atoms with Crippen molar-refractivity contribution in [1.29, 1.82) is 0 Å². The molecule has 0 saturated carbocycles. The Balaban J connectivity index is 2.10. The molecular formula is C27H38FN3O4. The van der Waals surface area contributed by atoms with Crippen molar-refractivity contribution in [3.63, 3.8) is 0 Å². The zero-order valence-electron chi connectivity index (χ0n) is 21.3. The average molecular weight is 488 g/mol. The van der Waals surface area contributed by atoms with E-state index >= 15 is 0 Å². The predicted octanol–water partition coefficient (Wildman–Crippen LogP) is 4.76. The van der Waals surface area contributed by atoms with Gasteiger partial charge in [-0.2, -0.15) is 0 Å². The largest absolute Gasteiger partial charge is 0.494 e. The molecule has 0 fully saturated rings. The van der Waals surface area contributed by atoms with E-state index in [2.05, 4.69) is 24.5 Å². The molecule has 3 unspecified atom stereocenters. The standard InChI is InChI=1S/C27H38FN3O4/c1-6-34-22-14-19(15-23(16-22)35-7-2)27(33)31-25(12-17(3)4)24(29)13-18(5)26(32)30-21-10-8-20(28)9-11-21/h8-11,14-18,24-25H,6-7,12-13,29H2,1-5H3,(H,30,32)(H,31,33). The highest BCUT2D eigenvalue weighted by Gasteiger charge is 2.26. The zero-order valence-corrected chi connectivity index (χ0v) is 21.3. The van der Waals surface area contributed by atoms with E-state index in [1.54, 1.807) is 25.1 Å². The molecule has 2 rings (SSSR count). The molecule has 4 N–H and O–H groups in total. The maximum atomic E-state index is 13.2. The van der Waals surface area contributed by atoms with E-state index in [-0.39, 0.29) is 29.6 Å². The number of halogens is 1. The summed E-state index contributed by atoms with van der Waals surface area (Å²) < 4.78 is 24.3. The normalized spacial score (nSPS) is 13.6. The third-order valence-electron chi connectivity index (χ3n) is 5.51. The lowest BCUT2D eigenvalue weighted by molar-refractivity contribution is -0.119. The van der Waals surface area contributed by atoms with Gasteiger partial charge in [-0.25, -0.2) is 4.39 Å². The lowest BCUT2D eigenvalue weighted by atomic mass is 9.90. The molecule has 0 aliphatic rings. The Morgan fingerprint density at radius 1 is 0.943 bits per heavy atom. The van der Waals surface area contributed by atoms with Gasteiger partial charge in [-0.15, -0.1) is 0 Å². The SMILES string of the molecule is CCOc1cc(OCC)cc(C(=O)NC(CC(C)C)C(N)CC(C)C(=O)Nc2ccc(F)cc2)c1. The number of nitrogens with two attached hydrogens (primary N) is 1. The summed E-state index contributed by atoms with van der Waals surface area (Å²) in [5.41, 5.74) is 7.44. The summed E-state index contributed by atoms with van der Waals surface area (Å²) in [4.78, 5) is 25.8. The molecule has 0 saturated heterocycles. The number of hydrogen-bond donors (Lipinski definition) is 3. The van der Waals surface area contributed by atoms with Crippen LogP contribution in [0, 0.1) is 17.7 Å². The van der Waals surface area contributed by atoms with Gasteiger partial charge in [0.05, 0.1) is 13.2 Å². The number of carbonyl (C=O) groups excluding carboxylic acids is 2. The number of carbonyl (C=O) groups is 2. The number of ether oxygens (including phenoxy) is 2. The van der Waals surface area contributed by atoms with Crippen LogP contribution in [0.25, 0.3) is 0 Å². The first-order valence-electron chi connectivity index (χ1n) is 12.2. The number of amides is 2. The van der Waals surface area contributed by atoms with Gasteiger partial charge in [0.1, 0.15) is 17.3 Å². The number of benzene rings is 2. The van der Waals surface area contributed by atoms with Crippen molar-refractivity contribution in [2.24, 2.45) is 17.6 Å². The summed E-state index contributed by atoms with van der Waals surface area (Å²) in [5.74, 6) is 0.115. The monoisotopic (exact) mass is 487 g/mol. The summed E-state index contributed by atoms with van der Waals surface area (Å²) in [7, 11) is 0. The minimum absolute atomic E-state index is 0.215. The molecule has 0 aliphatic carbocycles. The molecule has 8 heteroatoms. The van der Waals surface area contributed by atoms with Gasteiger partial charge in [0.2, 0.25) is 5.91 Å². The minimum atomic E-state index is -0.447. The van der Waals surface area contributed by atoms with Crippen LogP contribution in [0.4, 0.5) is 10.1 Å². The molecule has 2 aromatic rings. The molecule has 0 bridgehead atoms. The minimum Gasteiger partial charge on any atom is -0.494 e. The van der Waals surface area contributed by atoms with Crippen LogP contribution in [-0.2, 0) is 4.79 Å². The Hall–Kier alpha value is -3.13. The molecule has 0 heterocycles. The Morgan fingerprint density at radius 2 is 1.51 bits per heavy atom. The van der Waals surface area contributed by atoms with E-state index in [9.17, 15) is 14.0 Å². The Morgan fingerprint density at radius 3 is 2.03 bits per heavy atom. The first-order valence-corrected chi connectivity index (χ1v) is 12.2. The summed E-state index contributed by atoms with van der Waals surface area (Å²) in [6.45, 7) is 10.6. The summed E-state index contributed by atoms with van der Waals surface area (Å²) in [6, 6.07) is 9.92. The van der Waals surface area contributed by atoms with Crippen LogP contribution in [0.15, 0.2) is 42.5 Å². The summed E-state index contributed by atoms with van der Waals surface area (Å²) >= 11 is 0. The van der Waals surface area contributed by atoms with Gasteiger partial charge in [0.25, 0.3) is 5.91 Å². The van der Waals surface area contributed by atoms with Gasteiger partial charge < -0.3 is 25.8 Å². The molecular weight excluding hydrogens is 449 g/mol. The van der Waals surface area contributed by atoms with Gasteiger partial charge in [0.15, 0.2) is 0 Å². The molecule has 35 heavy (non-hydrogen) atoms. The van der Waals surface area contributed by atoms with Gasteiger partial charge in [-0.1, -0.05) is 20.8 Å². The molecule has 0 aromatic heterocycles. The van der Waals surface area contributed by atoms with Gasteiger partial charge in [0, 0.05) is 35.3 Å². The lowest BCUT2D eigenvalue weighted by Gasteiger charge is -2.28. The summed E-state index contributed by atoms with van der Waals surface area (Å²) in [5, 5.41) is 5.84. The number of anilines is 1. The van der Waals surface area contributed by atoms with Crippen molar-refractivity contribution in [2.75, 3.05) is 18.5 Å². The van der Waals surface area contributed by atoms with Crippen LogP contribution in [-0.4, -0.2) is 37.1 Å². The molecule has 2 aromatic carbocycles. The summed E-state index contributed by atoms with van der Waals surface area (Å²) in [6.07, 6.45) is 1.02. The molecule has 2 amide bonds. The van der Waals surface area contributed by atoms with Gasteiger partial charge >= 0.3 is 0 Å². The van der Waals surface area contributed by atoms with Gasteiger partial charge in [-0.05, 0) is 69.0 Å². The van der Waals surface area contributed by atoms with Crippen LogP contribution in [0.3, 0.4) is 0 Å². The maximum Gasteiger partial charge on any atom is 0.251 e. The highest BCUT2D eigenvalue weighted by atomic mass is 19.1. The van der Waals surface area contributed by atoms with E-state index in [0.29, 0.717) is 48.8 Å². The van der Waals surface area contributed by atoms with Crippen LogP contribution < -0.4 is 25.8 Å². The molecule has 0 spiro atoms. The lowest BCUT2D eigenvalue weighted by Crippen LogP contribution is -2.49. The molecule has 7 nitrogen and oxygen atoms in total. The Bertz CT molecular complexity index is 941. The second kappa shape index (κ2) is 13.7. The van der Waals surface area contributed by atoms with Crippen molar-refractivity contribution in [1.82, 2.24) is 5.32 Å².